The minimum absolute atomic E-state index is 0.0448. The van der Waals surface area contributed by atoms with Gasteiger partial charge in [0.1, 0.15) is 24.0 Å². The molecule has 2 aromatic carbocycles. The molecule has 0 aromatic heterocycles. The van der Waals surface area contributed by atoms with E-state index < -0.39 is 18.8 Å². The van der Waals surface area contributed by atoms with Gasteiger partial charge in [-0.3, -0.25) is 0 Å². The predicted molar refractivity (Wildman–Crippen MR) is 72.0 cm³/mol. The van der Waals surface area contributed by atoms with E-state index >= 15 is 0 Å². The fourth-order valence-electron chi connectivity index (χ4n) is 1.62. The number of hydrogen-bond acceptors (Lipinski definition) is 3. The molecule has 3 nitrogen and oxygen atoms in total. The van der Waals surface area contributed by atoms with E-state index in [0.29, 0.717) is 0 Å². The van der Waals surface area contributed by atoms with E-state index in [-0.39, 0.29) is 28.4 Å². The second-order valence-corrected chi connectivity index (χ2v) is 4.55. The number of benzene rings is 2. The highest BCUT2D eigenvalue weighted by atomic mass is 35.5. The zero-order valence-electron chi connectivity index (χ0n) is 10.2. The summed E-state index contributed by atoms with van der Waals surface area (Å²) >= 11 is 5.62. The Balaban J connectivity index is 2.14. The molecule has 2 N–H and O–H groups in total. The molecule has 0 saturated carbocycles. The third kappa shape index (κ3) is 3.69. The normalized spacial score (nSPS) is 10.4. The van der Waals surface area contributed by atoms with Crippen molar-refractivity contribution < 1.29 is 23.6 Å². The van der Waals surface area contributed by atoms with Crippen LogP contribution in [0.25, 0.3) is 0 Å². The molecule has 20 heavy (non-hydrogen) atoms. The highest BCUT2D eigenvalue weighted by Gasteiger charge is 2.14. The molecule has 0 spiro atoms. The van der Waals surface area contributed by atoms with Gasteiger partial charge in [-0.1, -0.05) is 17.7 Å². The van der Waals surface area contributed by atoms with E-state index in [1.807, 2.05) is 0 Å². The van der Waals surface area contributed by atoms with Crippen molar-refractivity contribution in [2.75, 3.05) is 0 Å². The van der Waals surface area contributed by atoms with Gasteiger partial charge in [0, 0.05) is 16.7 Å². The third-order valence-corrected chi connectivity index (χ3v) is 2.84. The molecule has 7 heteroatoms. The monoisotopic (exact) mass is 298 g/mol. The van der Waals surface area contributed by atoms with Crippen LogP contribution in [0.4, 0.5) is 8.78 Å². The molecule has 0 heterocycles. The van der Waals surface area contributed by atoms with Crippen molar-refractivity contribution in [3.8, 4) is 5.75 Å². The molecule has 0 aliphatic heterocycles. The first-order valence-electron chi connectivity index (χ1n) is 5.69. The van der Waals surface area contributed by atoms with Crippen LogP contribution >= 0.6 is 11.6 Å². The van der Waals surface area contributed by atoms with Crippen molar-refractivity contribution in [2.24, 2.45) is 0 Å². The zero-order valence-corrected chi connectivity index (χ0v) is 10.9. The fourth-order valence-corrected chi connectivity index (χ4v) is 1.78. The molecule has 0 unspecified atom stereocenters. The molecule has 0 aliphatic carbocycles. The lowest BCUT2D eigenvalue weighted by Gasteiger charge is -2.09. The summed E-state index contributed by atoms with van der Waals surface area (Å²) in [7, 11) is -1.81. The second kappa shape index (κ2) is 6.22. The van der Waals surface area contributed by atoms with Crippen LogP contribution in [0, 0.1) is 11.6 Å². The van der Waals surface area contributed by atoms with Crippen LogP contribution in [0.2, 0.25) is 5.02 Å². The van der Waals surface area contributed by atoms with Gasteiger partial charge in [-0.2, -0.15) is 0 Å². The van der Waals surface area contributed by atoms with Crippen molar-refractivity contribution >= 4 is 24.2 Å². The molecule has 2 aromatic rings. The molecule has 0 radical (unpaired) electrons. The average molecular weight is 298 g/mol. The first-order valence-corrected chi connectivity index (χ1v) is 6.07. The van der Waals surface area contributed by atoms with Crippen LogP contribution in [0.5, 0.6) is 5.75 Å². The number of rotatable bonds is 4. The minimum Gasteiger partial charge on any atom is -0.489 e. The van der Waals surface area contributed by atoms with Crippen molar-refractivity contribution in [3.05, 3.63) is 58.6 Å². The zero-order chi connectivity index (χ0) is 14.7. The van der Waals surface area contributed by atoms with Crippen molar-refractivity contribution in [1.82, 2.24) is 0 Å². The van der Waals surface area contributed by atoms with Gasteiger partial charge < -0.3 is 14.8 Å². The topological polar surface area (TPSA) is 49.7 Å². The van der Waals surface area contributed by atoms with Gasteiger partial charge in [-0.05, 0) is 29.7 Å². The van der Waals surface area contributed by atoms with E-state index in [1.165, 1.54) is 18.2 Å². The maximum absolute atomic E-state index is 13.5. The fraction of sp³-hybridized carbons (Fsp3) is 0.0769. The van der Waals surface area contributed by atoms with Crippen LogP contribution in [0.1, 0.15) is 5.56 Å². The number of hydrogen-bond donors (Lipinski definition) is 2. The molecule has 0 saturated heterocycles. The van der Waals surface area contributed by atoms with E-state index in [2.05, 4.69) is 0 Å². The van der Waals surface area contributed by atoms with Crippen LogP contribution in [-0.2, 0) is 6.61 Å². The minimum atomic E-state index is -1.81. The molecule has 104 valence electrons. The Morgan fingerprint density at radius 1 is 1.10 bits per heavy atom. The molecular formula is C13H10BClF2O3. The molecule has 0 fully saturated rings. The van der Waals surface area contributed by atoms with Crippen LogP contribution in [0.3, 0.4) is 0 Å². The summed E-state index contributed by atoms with van der Waals surface area (Å²) in [6, 6.07) is 7.42. The summed E-state index contributed by atoms with van der Waals surface area (Å²) in [5.41, 5.74) is 0.210. The third-order valence-electron chi connectivity index (χ3n) is 2.60. The van der Waals surface area contributed by atoms with Crippen molar-refractivity contribution in [2.45, 2.75) is 6.61 Å². The van der Waals surface area contributed by atoms with Gasteiger partial charge in [-0.25, -0.2) is 8.78 Å². The molecule has 0 amide bonds. The SMILES string of the molecule is OB(O)c1cc(F)cc(OCc2ccc(Cl)cc2F)c1. The van der Waals surface area contributed by atoms with E-state index in [1.54, 1.807) is 0 Å². The summed E-state index contributed by atoms with van der Waals surface area (Å²) in [6.07, 6.45) is 0. The highest BCUT2D eigenvalue weighted by Crippen LogP contribution is 2.18. The summed E-state index contributed by atoms with van der Waals surface area (Å²) < 4.78 is 32.0. The van der Waals surface area contributed by atoms with E-state index in [9.17, 15) is 8.78 Å². The quantitative estimate of drug-likeness (QED) is 0.847. The Hall–Kier alpha value is -1.63. The largest absolute Gasteiger partial charge is 0.489 e. The smallest absolute Gasteiger partial charge is 0.488 e. The van der Waals surface area contributed by atoms with Crippen LogP contribution < -0.4 is 10.2 Å². The van der Waals surface area contributed by atoms with Gasteiger partial charge in [-0.15, -0.1) is 0 Å². The molecular weight excluding hydrogens is 288 g/mol. The Morgan fingerprint density at radius 3 is 2.50 bits per heavy atom. The Morgan fingerprint density at radius 2 is 1.85 bits per heavy atom. The van der Waals surface area contributed by atoms with E-state index in [0.717, 1.165) is 18.2 Å². The molecule has 0 aliphatic rings. The summed E-state index contributed by atoms with van der Waals surface area (Å²) in [5, 5.41) is 18.2. The van der Waals surface area contributed by atoms with Crippen LogP contribution in [0.15, 0.2) is 36.4 Å². The predicted octanol–water partition coefficient (Wildman–Crippen LogP) is 1.88. The van der Waals surface area contributed by atoms with Gasteiger partial charge >= 0.3 is 7.12 Å². The molecule has 2 rings (SSSR count). The van der Waals surface area contributed by atoms with Gasteiger partial charge in [0.15, 0.2) is 0 Å². The Labute approximate surface area is 119 Å². The second-order valence-electron chi connectivity index (χ2n) is 4.12. The molecule has 0 atom stereocenters. The van der Waals surface area contributed by atoms with E-state index in [4.69, 9.17) is 26.4 Å². The van der Waals surface area contributed by atoms with Crippen molar-refractivity contribution in [3.63, 3.8) is 0 Å². The maximum atomic E-state index is 13.5. The van der Waals surface area contributed by atoms with Crippen LogP contribution in [-0.4, -0.2) is 17.2 Å². The van der Waals surface area contributed by atoms with Gasteiger partial charge in [0.05, 0.1) is 0 Å². The lowest BCUT2D eigenvalue weighted by Crippen LogP contribution is -2.30. The van der Waals surface area contributed by atoms with Gasteiger partial charge in [0.25, 0.3) is 0 Å². The first-order chi connectivity index (χ1) is 9.45. The Bertz CT molecular complexity index is 623. The summed E-state index contributed by atoms with van der Waals surface area (Å²) in [6.45, 7) is -0.132. The standard InChI is InChI=1S/C13H10BClF2O3/c15-10-2-1-8(13(17)5-10)7-20-12-4-9(14(18)19)3-11(16)6-12/h1-6,18-19H,7H2. The van der Waals surface area contributed by atoms with Crippen molar-refractivity contribution in [1.29, 1.82) is 0 Å². The Kier molecular flexibility index (Phi) is 4.59. The average Bonchev–Trinajstić information content (AvgIpc) is 2.37. The molecule has 0 bridgehead atoms. The highest BCUT2D eigenvalue weighted by molar-refractivity contribution is 6.58. The lowest BCUT2D eigenvalue weighted by molar-refractivity contribution is 0.298. The number of ether oxygens (including phenoxy) is 1. The summed E-state index contributed by atoms with van der Waals surface area (Å²) in [5.74, 6) is -1.14. The number of halogens is 3. The lowest BCUT2D eigenvalue weighted by atomic mass is 9.80. The maximum Gasteiger partial charge on any atom is 0.488 e. The van der Waals surface area contributed by atoms with Gasteiger partial charge in [0.2, 0.25) is 0 Å². The summed E-state index contributed by atoms with van der Waals surface area (Å²) in [4.78, 5) is 0. The first kappa shape index (κ1) is 14.8.